The van der Waals surface area contributed by atoms with Crippen molar-refractivity contribution in [3.8, 4) is 0 Å². The Morgan fingerprint density at radius 1 is 1.50 bits per heavy atom. The molecule has 0 aliphatic carbocycles. The molecule has 1 fully saturated rings. The summed E-state index contributed by atoms with van der Waals surface area (Å²) in [5, 5.41) is 0. The fraction of sp³-hybridized carbons (Fsp3) is 0.538. The van der Waals surface area contributed by atoms with Crippen molar-refractivity contribution in [2.24, 2.45) is 5.73 Å². The van der Waals surface area contributed by atoms with Crippen molar-refractivity contribution < 1.29 is 4.74 Å². The fourth-order valence-electron chi connectivity index (χ4n) is 2.14. The van der Waals surface area contributed by atoms with E-state index in [0.717, 1.165) is 19.4 Å². The Kier molecular flexibility index (Phi) is 4.61. The van der Waals surface area contributed by atoms with Gasteiger partial charge in [-0.2, -0.15) is 0 Å². The van der Waals surface area contributed by atoms with E-state index in [1.807, 2.05) is 0 Å². The highest BCUT2D eigenvalue weighted by molar-refractivity contribution is 14.1. The molecule has 1 aromatic carbocycles. The molecule has 1 aliphatic rings. The Hall–Kier alpha value is -0.130. The van der Waals surface area contributed by atoms with E-state index < -0.39 is 0 Å². The summed E-state index contributed by atoms with van der Waals surface area (Å²) in [7, 11) is 0. The normalized spacial score (nSPS) is 22.2. The maximum Gasteiger partial charge on any atom is 0.0576 e. The third kappa shape index (κ3) is 3.43. The standard InChI is InChI=1S/C13H18INO/c14-11-4-1-3-10(9-11)13(15)7-6-12-5-2-8-16-12/h1,3-4,9,12-13H,2,5-8,15H2. The van der Waals surface area contributed by atoms with Crippen LogP contribution in [0.2, 0.25) is 0 Å². The van der Waals surface area contributed by atoms with Gasteiger partial charge in [-0.1, -0.05) is 12.1 Å². The van der Waals surface area contributed by atoms with E-state index in [-0.39, 0.29) is 6.04 Å². The second-order valence-electron chi connectivity index (χ2n) is 4.37. The van der Waals surface area contributed by atoms with Crippen LogP contribution in [0.5, 0.6) is 0 Å². The number of hydrogen-bond acceptors (Lipinski definition) is 2. The van der Waals surface area contributed by atoms with Crippen LogP contribution in [0, 0.1) is 3.57 Å². The van der Waals surface area contributed by atoms with Gasteiger partial charge in [-0.15, -0.1) is 0 Å². The Labute approximate surface area is 111 Å². The van der Waals surface area contributed by atoms with Crippen molar-refractivity contribution in [2.45, 2.75) is 37.8 Å². The molecule has 0 saturated carbocycles. The average Bonchev–Trinajstić information content (AvgIpc) is 2.78. The fourth-order valence-corrected chi connectivity index (χ4v) is 2.71. The Bertz CT molecular complexity index is 336. The molecule has 3 heteroatoms. The van der Waals surface area contributed by atoms with Crippen molar-refractivity contribution in [2.75, 3.05) is 6.61 Å². The van der Waals surface area contributed by atoms with Gasteiger partial charge in [0.25, 0.3) is 0 Å². The molecule has 1 aromatic rings. The summed E-state index contributed by atoms with van der Waals surface area (Å²) in [4.78, 5) is 0. The lowest BCUT2D eigenvalue weighted by molar-refractivity contribution is 0.101. The second kappa shape index (κ2) is 5.98. The minimum absolute atomic E-state index is 0.152. The van der Waals surface area contributed by atoms with E-state index in [1.54, 1.807) is 0 Å². The van der Waals surface area contributed by atoms with Crippen LogP contribution in [-0.2, 0) is 4.74 Å². The third-order valence-corrected chi connectivity index (χ3v) is 3.77. The molecule has 2 atom stereocenters. The molecule has 2 unspecified atom stereocenters. The topological polar surface area (TPSA) is 35.2 Å². The van der Waals surface area contributed by atoms with E-state index in [0.29, 0.717) is 6.10 Å². The summed E-state index contributed by atoms with van der Waals surface area (Å²) >= 11 is 2.33. The lowest BCUT2D eigenvalue weighted by atomic mass is 10.0. The lowest BCUT2D eigenvalue weighted by Crippen LogP contribution is -2.14. The predicted molar refractivity (Wildman–Crippen MR) is 74.3 cm³/mol. The Morgan fingerprint density at radius 2 is 2.38 bits per heavy atom. The van der Waals surface area contributed by atoms with Crippen molar-refractivity contribution in [3.05, 3.63) is 33.4 Å². The molecule has 0 bridgehead atoms. The van der Waals surface area contributed by atoms with Gasteiger partial charge in [-0.3, -0.25) is 0 Å². The van der Waals surface area contributed by atoms with Gasteiger partial charge in [0, 0.05) is 16.2 Å². The highest BCUT2D eigenvalue weighted by Crippen LogP contribution is 2.23. The van der Waals surface area contributed by atoms with Gasteiger partial charge in [0.05, 0.1) is 6.10 Å². The number of halogens is 1. The third-order valence-electron chi connectivity index (χ3n) is 3.10. The van der Waals surface area contributed by atoms with Gasteiger partial charge in [0.15, 0.2) is 0 Å². The van der Waals surface area contributed by atoms with Gasteiger partial charge in [-0.05, 0) is 66.0 Å². The SMILES string of the molecule is NC(CCC1CCCO1)c1cccc(I)c1. The van der Waals surface area contributed by atoms with Crippen LogP contribution in [0.1, 0.15) is 37.3 Å². The molecule has 2 N–H and O–H groups in total. The molecule has 16 heavy (non-hydrogen) atoms. The van der Waals surface area contributed by atoms with E-state index in [2.05, 4.69) is 46.9 Å². The summed E-state index contributed by atoms with van der Waals surface area (Å²) in [6.07, 6.45) is 4.98. The maximum atomic E-state index is 6.18. The summed E-state index contributed by atoms with van der Waals surface area (Å²) in [6, 6.07) is 8.60. The van der Waals surface area contributed by atoms with E-state index >= 15 is 0 Å². The van der Waals surface area contributed by atoms with Crippen LogP contribution >= 0.6 is 22.6 Å². The Balaban J connectivity index is 1.85. The zero-order valence-corrected chi connectivity index (χ0v) is 11.5. The van der Waals surface area contributed by atoms with Crippen molar-refractivity contribution >= 4 is 22.6 Å². The zero-order chi connectivity index (χ0) is 11.4. The highest BCUT2D eigenvalue weighted by Gasteiger charge is 2.17. The molecule has 88 valence electrons. The molecule has 1 saturated heterocycles. The monoisotopic (exact) mass is 331 g/mol. The molecule has 0 radical (unpaired) electrons. The first-order valence-electron chi connectivity index (χ1n) is 5.88. The number of nitrogens with two attached hydrogens (primary N) is 1. The molecular weight excluding hydrogens is 313 g/mol. The molecule has 0 amide bonds. The van der Waals surface area contributed by atoms with Crippen molar-refractivity contribution in [1.82, 2.24) is 0 Å². The number of hydrogen-bond donors (Lipinski definition) is 1. The summed E-state index contributed by atoms with van der Waals surface area (Å²) < 4.78 is 6.86. The minimum Gasteiger partial charge on any atom is -0.378 e. The smallest absolute Gasteiger partial charge is 0.0576 e. The largest absolute Gasteiger partial charge is 0.378 e. The van der Waals surface area contributed by atoms with Gasteiger partial charge in [0.1, 0.15) is 0 Å². The molecule has 2 nitrogen and oxygen atoms in total. The first kappa shape index (κ1) is 12.3. The minimum atomic E-state index is 0.152. The van der Waals surface area contributed by atoms with Crippen molar-refractivity contribution in [3.63, 3.8) is 0 Å². The number of ether oxygens (including phenoxy) is 1. The van der Waals surface area contributed by atoms with Gasteiger partial charge in [0.2, 0.25) is 0 Å². The van der Waals surface area contributed by atoms with Crippen LogP contribution in [-0.4, -0.2) is 12.7 Å². The van der Waals surface area contributed by atoms with E-state index in [9.17, 15) is 0 Å². The summed E-state index contributed by atoms with van der Waals surface area (Å²) in [5.41, 5.74) is 7.42. The van der Waals surface area contributed by atoms with E-state index in [4.69, 9.17) is 10.5 Å². The van der Waals surface area contributed by atoms with Crippen LogP contribution in [0.3, 0.4) is 0 Å². The quantitative estimate of drug-likeness (QED) is 0.860. The predicted octanol–water partition coefficient (Wildman–Crippen LogP) is 3.25. The van der Waals surface area contributed by atoms with Crippen LogP contribution in [0.15, 0.2) is 24.3 Å². The highest BCUT2D eigenvalue weighted by atomic mass is 127. The summed E-state index contributed by atoms with van der Waals surface area (Å²) in [5.74, 6) is 0. The molecule has 2 rings (SSSR count). The van der Waals surface area contributed by atoms with Gasteiger partial charge < -0.3 is 10.5 Å². The molecular formula is C13H18INO. The molecule has 1 aliphatic heterocycles. The second-order valence-corrected chi connectivity index (χ2v) is 5.62. The Morgan fingerprint density at radius 3 is 3.06 bits per heavy atom. The summed E-state index contributed by atoms with van der Waals surface area (Å²) in [6.45, 7) is 0.934. The lowest BCUT2D eigenvalue weighted by Gasteiger charge is -2.15. The molecule has 1 heterocycles. The van der Waals surface area contributed by atoms with Crippen molar-refractivity contribution in [1.29, 1.82) is 0 Å². The molecule has 0 spiro atoms. The maximum absolute atomic E-state index is 6.18. The first-order valence-corrected chi connectivity index (χ1v) is 6.96. The van der Waals surface area contributed by atoms with Gasteiger partial charge >= 0.3 is 0 Å². The average molecular weight is 331 g/mol. The van der Waals surface area contributed by atoms with Crippen LogP contribution in [0.25, 0.3) is 0 Å². The van der Waals surface area contributed by atoms with Crippen LogP contribution in [0.4, 0.5) is 0 Å². The number of benzene rings is 1. The van der Waals surface area contributed by atoms with Gasteiger partial charge in [-0.25, -0.2) is 0 Å². The zero-order valence-electron chi connectivity index (χ0n) is 9.36. The number of rotatable bonds is 4. The first-order chi connectivity index (χ1) is 7.75. The van der Waals surface area contributed by atoms with E-state index in [1.165, 1.54) is 22.0 Å². The van der Waals surface area contributed by atoms with Crippen LogP contribution < -0.4 is 5.73 Å². The molecule has 0 aromatic heterocycles.